The number of oxime groups is 1. The average Bonchev–Trinajstić information content (AvgIpc) is 2.45. The van der Waals surface area contributed by atoms with Crippen LogP contribution < -0.4 is 0 Å². The van der Waals surface area contributed by atoms with Crippen LogP contribution in [0.15, 0.2) is 5.16 Å². The predicted molar refractivity (Wildman–Crippen MR) is 81.9 cm³/mol. The van der Waals surface area contributed by atoms with E-state index in [2.05, 4.69) is 21.0 Å². The van der Waals surface area contributed by atoms with Crippen molar-refractivity contribution in [1.82, 2.24) is 4.90 Å². The van der Waals surface area contributed by atoms with Crippen LogP contribution in [0.1, 0.15) is 19.8 Å². The van der Waals surface area contributed by atoms with Crippen molar-refractivity contribution in [2.45, 2.75) is 25.9 Å². The third kappa shape index (κ3) is 4.19. The summed E-state index contributed by atoms with van der Waals surface area (Å²) in [6, 6.07) is 0. The first-order valence-electron chi connectivity index (χ1n) is 6.79. The second-order valence-electron chi connectivity index (χ2n) is 5.51. The third-order valence-corrected chi connectivity index (χ3v) is 6.94. The van der Waals surface area contributed by atoms with Crippen LogP contribution in [-0.4, -0.2) is 62.8 Å². The van der Waals surface area contributed by atoms with Gasteiger partial charge in [-0.3, -0.25) is 14.3 Å². The predicted octanol–water partition coefficient (Wildman–Crippen LogP) is 1.02. The number of hydrogen-bond donors (Lipinski definition) is 3. The van der Waals surface area contributed by atoms with Crippen LogP contribution in [0.2, 0.25) is 0 Å². The van der Waals surface area contributed by atoms with E-state index < -0.39 is 20.2 Å². The maximum Gasteiger partial charge on any atom is 0.402 e. The first-order valence-corrected chi connectivity index (χ1v) is 10.2. The summed E-state index contributed by atoms with van der Waals surface area (Å²) >= 11 is 0. The highest BCUT2D eigenvalue weighted by Gasteiger charge is 2.40. The zero-order chi connectivity index (χ0) is 16.5. The van der Waals surface area contributed by atoms with Crippen molar-refractivity contribution in [1.29, 1.82) is 0 Å². The van der Waals surface area contributed by atoms with Crippen LogP contribution in [0.5, 0.6) is 0 Å². The number of rotatable bonds is 5. The lowest BCUT2D eigenvalue weighted by atomic mass is 9.86. The zero-order valence-corrected chi connectivity index (χ0v) is 13.9. The van der Waals surface area contributed by atoms with Gasteiger partial charge in [-0.2, -0.15) is 0 Å². The molecule has 3 rings (SSSR count). The van der Waals surface area contributed by atoms with Gasteiger partial charge in [0.15, 0.2) is 0 Å². The summed E-state index contributed by atoms with van der Waals surface area (Å²) in [4.78, 5) is 40.7. The fraction of sp³-hybridized carbons (Fsp3) is 0.727. The van der Waals surface area contributed by atoms with Gasteiger partial charge in [0.1, 0.15) is 6.10 Å². The summed E-state index contributed by atoms with van der Waals surface area (Å²) in [5.74, 6) is 0.514. The second-order valence-corrected chi connectivity index (χ2v) is 9.33. The van der Waals surface area contributed by atoms with E-state index in [1.165, 1.54) is 6.92 Å². The summed E-state index contributed by atoms with van der Waals surface area (Å²) < 4.78 is 21.0. The molecule has 9 nitrogen and oxygen atoms in total. The monoisotopic (exact) mass is 354 g/mol. The molecule has 3 N–H and O–H groups in total. The lowest BCUT2D eigenvalue weighted by molar-refractivity contribution is -0.0165. The number of nitrogens with zero attached hydrogens (tertiary/aromatic N) is 2. The van der Waals surface area contributed by atoms with Gasteiger partial charge in [-0.1, -0.05) is 0 Å². The van der Waals surface area contributed by atoms with Gasteiger partial charge in [0.25, 0.3) is 7.34 Å². The van der Waals surface area contributed by atoms with E-state index in [0.29, 0.717) is 5.92 Å². The first kappa shape index (κ1) is 17.7. The highest BCUT2D eigenvalue weighted by molar-refractivity contribution is 8.01. The van der Waals surface area contributed by atoms with E-state index in [9.17, 15) is 14.3 Å². The summed E-state index contributed by atoms with van der Waals surface area (Å²) in [6.45, 7) is 4.37. The maximum atomic E-state index is 11.3. The van der Waals surface area contributed by atoms with Crippen LogP contribution in [0.25, 0.3) is 0 Å². The maximum absolute atomic E-state index is 11.3. The normalized spacial score (nSPS) is 31.5. The molecule has 0 aliphatic carbocycles. The summed E-state index contributed by atoms with van der Waals surface area (Å²) in [5, 5.41) is 1.71. The lowest BCUT2D eigenvalue weighted by Crippen LogP contribution is -2.51. The molecule has 22 heavy (non-hydrogen) atoms. The molecule has 3 fully saturated rings. The van der Waals surface area contributed by atoms with Gasteiger partial charge in [-0.25, -0.2) is 0 Å². The van der Waals surface area contributed by atoms with Gasteiger partial charge >= 0.3 is 12.9 Å². The average molecular weight is 354 g/mol. The number of piperidine rings is 3. The number of carbonyl (C=O) groups excluding carboxylic acids is 1. The Hall–Kier alpha value is -0.690. The summed E-state index contributed by atoms with van der Waals surface area (Å²) in [6.07, 6.45) is 5.07. The molecule has 3 aliphatic heterocycles. The van der Waals surface area contributed by atoms with Crippen molar-refractivity contribution in [3.63, 3.8) is 0 Å². The van der Waals surface area contributed by atoms with Gasteiger partial charge < -0.3 is 24.0 Å². The molecule has 0 saturated carbocycles. The molecule has 11 heteroatoms. The highest BCUT2D eigenvalue weighted by atomic mass is 31.2. The molecule has 126 valence electrons. The minimum Gasteiger partial charge on any atom is -0.474 e. The van der Waals surface area contributed by atoms with Crippen LogP contribution in [0.3, 0.4) is 0 Å². The van der Waals surface area contributed by atoms with Crippen molar-refractivity contribution >= 4 is 32.4 Å². The smallest absolute Gasteiger partial charge is 0.402 e. The first-order chi connectivity index (χ1) is 10.1. The standard InChI is InChI=1S/C11H20N2O7P2/c1-8(12-20-21(2,15)11(14)22(16,17)18)19-10-7-13-5-3-9(10)4-6-13/h9-10,15H,2-7H2,1H3,(H2,16,17,18). The lowest BCUT2D eigenvalue weighted by Gasteiger charge is -2.44. The van der Waals surface area contributed by atoms with E-state index in [4.69, 9.17) is 14.5 Å². The number of fused-ring (bicyclic) bond motifs is 3. The molecule has 2 atom stereocenters. The second kappa shape index (κ2) is 6.43. The Kier molecular flexibility index (Phi) is 5.16. The number of ether oxygens (including phenoxy) is 1. The van der Waals surface area contributed by atoms with E-state index in [1.54, 1.807) is 0 Å². The molecule has 0 aromatic rings. The molecule has 0 amide bonds. The molecule has 0 spiro atoms. The van der Waals surface area contributed by atoms with E-state index in [0.717, 1.165) is 32.5 Å². The van der Waals surface area contributed by atoms with Crippen molar-refractivity contribution in [2.75, 3.05) is 19.6 Å². The largest absolute Gasteiger partial charge is 0.474 e. The Balaban J connectivity index is 1.94. The Labute approximate surface area is 128 Å². The van der Waals surface area contributed by atoms with Crippen molar-refractivity contribution in [3.05, 3.63) is 0 Å². The van der Waals surface area contributed by atoms with E-state index in [1.807, 2.05) is 0 Å². The van der Waals surface area contributed by atoms with Gasteiger partial charge in [0.05, 0.1) is 0 Å². The van der Waals surface area contributed by atoms with Gasteiger partial charge in [-0.15, -0.1) is 0 Å². The molecule has 0 radical (unpaired) electrons. The van der Waals surface area contributed by atoms with Crippen LogP contribution in [0, 0.1) is 5.92 Å². The number of hydrogen-bond acceptors (Lipinski definition) is 7. The molecule has 3 saturated heterocycles. The van der Waals surface area contributed by atoms with Crippen molar-refractivity contribution in [2.24, 2.45) is 11.1 Å². The zero-order valence-electron chi connectivity index (χ0n) is 12.2. The topological polar surface area (TPSA) is 129 Å². The molecular formula is C11H20N2O7P2. The van der Waals surface area contributed by atoms with E-state index >= 15 is 0 Å². The quantitative estimate of drug-likeness (QED) is 0.289. The molecule has 0 aromatic carbocycles. The van der Waals surface area contributed by atoms with Gasteiger partial charge in [0, 0.05) is 13.5 Å². The summed E-state index contributed by atoms with van der Waals surface area (Å²) in [7, 11) is -9.33. The Bertz CT molecular complexity index is 565. The number of carbonyl (C=O) groups is 1. The summed E-state index contributed by atoms with van der Waals surface area (Å²) in [5.41, 5.74) is 0. The highest BCUT2D eigenvalue weighted by Crippen LogP contribution is 2.57. The van der Waals surface area contributed by atoms with Crippen LogP contribution in [-0.2, 0) is 13.9 Å². The van der Waals surface area contributed by atoms with Crippen molar-refractivity contribution < 1.29 is 33.4 Å². The molecule has 3 aliphatic rings. The van der Waals surface area contributed by atoms with Gasteiger partial charge in [-0.05, 0) is 43.3 Å². The van der Waals surface area contributed by atoms with Crippen LogP contribution in [0.4, 0.5) is 4.79 Å². The minimum absolute atomic E-state index is 0.0384. The Morgan fingerprint density at radius 3 is 2.36 bits per heavy atom. The molecular weight excluding hydrogens is 334 g/mol. The van der Waals surface area contributed by atoms with Crippen molar-refractivity contribution in [3.8, 4) is 0 Å². The van der Waals surface area contributed by atoms with Crippen LogP contribution >= 0.6 is 14.9 Å². The Morgan fingerprint density at radius 1 is 1.32 bits per heavy atom. The van der Waals surface area contributed by atoms with E-state index in [-0.39, 0.29) is 12.0 Å². The molecule has 2 bridgehead atoms. The minimum atomic E-state index is -5.13. The fourth-order valence-electron chi connectivity index (χ4n) is 2.65. The third-order valence-electron chi connectivity index (χ3n) is 3.77. The molecule has 3 heterocycles. The SMILES string of the molecule is C=P(O)(ON=C(C)OC1CN2CCC1CC2)C(=O)P(=O)(O)O. The fourth-order valence-corrected chi connectivity index (χ4v) is 4.71. The van der Waals surface area contributed by atoms with Gasteiger partial charge in [0.2, 0.25) is 5.90 Å². The molecule has 2 unspecified atom stereocenters. The molecule has 0 aromatic heterocycles. The Morgan fingerprint density at radius 2 is 1.91 bits per heavy atom.